The summed E-state index contributed by atoms with van der Waals surface area (Å²) in [5.41, 5.74) is 1.90. The van der Waals surface area contributed by atoms with Gasteiger partial charge in [0.2, 0.25) is 5.95 Å². The van der Waals surface area contributed by atoms with Crippen molar-refractivity contribution in [3.05, 3.63) is 39.6 Å². The predicted octanol–water partition coefficient (Wildman–Crippen LogP) is 4.93. The summed E-state index contributed by atoms with van der Waals surface area (Å²) in [7, 11) is 0. The highest BCUT2D eigenvalue weighted by Gasteiger charge is 2.11. The smallest absolute Gasteiger partial charge is 0.207 e. The van der Waals surface area contributed by atoms with E-state index >= 15 is 0 Å². The van der Waals surface area contributed by atoms with E-state index in [1.807, 2.05) is 31.3 Å². The number of halogens is 2. The minimum atomic E-state index is 0.353. The third-order valence-electron chi connectivity index (χ3n) is 2.61. The van der Waals surface area contributed by atoms with Crippen molar-refractivity contribution in [1.29, 1.82) is 0 Å². The zero-order valence-corrected chi connectivity index (χ0v) is 12.9. The maximum Gasteiger partial charge on any atom is 0.207 e. The fourth-order valence-electron chi connectivity index (χ4n) is 1.72. The molecule has 0 aliphatic carbocycles. The van der Waals surface area contributed by atoms with E-state index in [-0.39, 0.29) is 0 Å². The van der Waals surface area contributed by atoms with Gasteiger partial charge in [0.15, 0.2) is 0 Å². The molecule has 0 fully saturated rings. The van der Waals surface area contributed by atoms with Gasteiger partial charge in [0, 0.05) is 12.2 Å². The van der Waals surface area contributed by atoms with Gasteiger partial charge in [-0.05, 0) is 48.8 Å². The molecule has 5 heteroatoms. The van der Waals surface area contributed by atoms with Crippen molar-refractivity contribution >= 4 is 39.2 Å². The van der Waals surface area contributed by atoms with E-state index in [1.54, 1.807) is 0 Å². The first kappa shape index (κ1) is 13.4. The second-order valence-corrected chi connectivity index (χ2v) is 5.63. The lowest BCUT2D eigenvalue weighted by atomic mass is 10.3. The number of nitrogens with one attached hydrogen (secondary N) is 1. The van der Waals surface area contributed by atoms with E-state index in [0.29, 0.717) is 11.1 Å². The molecule has 2 aromatic rings. The van der Waals surface area contributed by atoms with Crippen molar-refractivity contribution in [2.75, 3.05) is 5.32 Å². The molecule has 1 aromatic heterocycles. The van der Waals surface area contributed by atoms with Crippen molar-refractivity contribution in [3.8, 4) is 0 Å². The van der Waals surface area contributed by atoms with Crippen LogP contribution in [0.3, 0.4) is 0 Å². The summed E-state index contributed by atoms with van der Waals surface area (Å²) in [6, 6.07) is 6.07. The number of nitrogens with zero attached hydrogens (tertiary/aromatic N) is 2. The topological polar surface area (TPSA) is 29.9 Å². The van der Waals surface area contributed by atoms with Crippen molar-refractivity contribution < 1.29 is 0 Å². The Kier molecular flexibility index (Phi) is 3.97. The van der Waals surface area contributed by atoms with Crippen LogP contribution >= 0.6 is 27.5 Å². The third-order valence-corrected chi connectivity index (χ3v) is 4.00. The van der Waals surface area contributed by atoms with Gasteiger partial charge in [0.1, 0.15) is 0 Å². The molecule has 1 aromatic carbocycles. The van der Waals surface area contributed by atoms with Gasteiger partial charge in [-0.1, -0.05) is 17.7 Å². The van der Waals surface area contributed by atoms with Crippen LogP contribution in [0.1, 0.15) is 25.6 Å². The van der Waals surface area contributed by atoms with Crippen LogP contribution in [0.4, 0.5) is 11.6 Å². The van der Waals surface area contributed by atoms with Gasteiger partial charge in [-0.15, -0.1) is 0 Å². The standard InChI is InChI=1S/C13H15BrClN3/c1-8(2)18-7-9(3)16-13(18)17-11-6-4-5-10(15)12(11)14/h4-8H,1-3H3,(H,16,17). The lowest BCUT2D eigenvalue weighted by Gasteiger charge is -2.14. The monoisotopic (exact) mass is 327 g/mol. The highest BCUT2D eigenvalue weighted by Crippen LogP contribution is 2.32. The highest BCUT2D eigenvalue weighted by atomic mass is 79.9. The van der Waals surface area contributed by atoms with Crippen LogP contribution in [0.25, 0.3) is 0 Å². The molecular weight excluding hydrogens is 314 g/mol. The number of hydrogen-bond donors (Lipinski definition) is 1. The summed E-state index contributed by atoms with van der Waals surface area (Å²) in [6.07, 6.45) is 2.03. The molecule has 1 N–H and O–H groups in total. The van der Waals surface area contributed by atoms with Gasteiger partial charge in [-0.2, -0.15) is 0 Å². The summed E-state index contributed by atoms with van der Waals surface area (Å²) in [4.78, 5) is 4.49. The second-order valence-electron chi connectivity index (χ2n) is 4.43. The molecule has 0 radical (unpaired) electrons. The summed E-state index contributed by atoms with van der Waals surface area (Å²) in [5.74, 6) is 0.825. The van der Waals surface area contributed by atoms with E-state index < -0.39 is 0 Å². The quantitative estimate of drug-likeness (QED) is 0.865. The van der Waals surface area contributed by atoms with Crippen LogP contribution in [0.5, 0.6) is 0 Å². The molecule has 0 spiro atoms. The van der Waals surface area contributed by atoms with Crippen LogP contribution in [0.2, 0.25) is 5.02 Å². The number of imidazole rings is 1. The number of aryl methyl sites for hydroxylation is 1. The molecular formula is C13H15BrClN3. The normalized spacial score (nSPS) is 11.0. The van der Waals surface area contributed by atoms with Gasteiger partial charge in [0.25, 0.3) is 0 Å². The third kappa shape index (κ3) is 2.70. The van der Waals surface area contributed by atoms with E-state index in [2.05, 4.69) is 44.6 Å². The van der Waals surface area contributed by atoms with Crippen LogP contribution in [0, 0.1) is 6.92 Å². The average Bonchev–Trinajstić information content (AvgIpc) is 2.66. The number of aromatic nitrogens is 2. The van der Waals surface area contributed by atoms with E-state index in [9.17, 15) is 0 Å². The lowest BCUT2D eigenvalue weighted by molar-refractivity contribution is 0.607. The first-order valence-electron chi connectivity index (χ1n) is 5.75. The van der Waals surface area contributed by atoms with Crippen LogP contribution in [-0.4, -0.2) is 9.55 Å². The van der Waals surface area contributed by atoms with Gasteiger partial charge in [-0.3, -0.25) is 0 Å². The first-order valence-corrected chi connectivity index (χ1v) is 6.92. The fraction of sp³-hybridized carbons (Fsp3) is 0.308. The highest BCUT2D eigenvalue weighted by molar-refractivity contribution is 9.10. The van der Waals surface area contributed by atoms with Crippen LogP contribution < -0.4 is 5.32 Å². The van der Waals surface area contributed by atoms with Crippen molar-refractivity contribution in [3.63, 3.8) is 0 Å². The maximum atomic E-state index is 6.07. The van der Waals surface area contributed by atoms with Crippen LogP contribution in [-0.2, 0) is 0 Å². The minimum absolute atomic E-state index is 0.353. The second kappa shape index (κ2) is 5.33. The summed E-state index contributed by atoms with van der Waals surface area (Å²) in [6.45, 7) is 6.23. The van der Waals surface area contributed by atoms with Gasteiger partial charge in [-0.25, -0.2) is 4.98 Å². The predicted molar refractivity (Wildman–Crippen MR) is 79.8 cm³/mol. The molecule has 0 amide bonds. The zero-order chi connectivity index (χ0) is 13.3. The maximum absolute atomic E-state index is 6.07. The number of benzene rings is 1. The Morgan fingerprint density at radius 2 is 2.11 bits per heavy atom. The van der Waals surface area contributed by atoms with Crippen LogP contribution in [0.15, 0.2) is 28.9 Å². The molecule has 0 saturated heterocycles. The van der Waals surface area contributed by atoms with Crippen molar-refractivity contribution in [2.45, 2.75) is 26.8 Å². The Hall–Kier alpha value is -1.000. The lowest BCUT2D eigenvalue weighted by Crippen LogP contribution is -2.05. The van der Waals surface area contributed by atoms with Gasteiger partial charge >= 0.3 is 0 Å². The first-order chi connectivity index (χ1) is 8.49. The SMILES string of the molecule is Cc1cn(C(C)C)c(Nc2cccc(Cl)c2Br)n1. The summed E-state index contributed by atoms with van der Waals surface area (Å²) < 4.78 is 2.95. The van der Waals surface area contributed by atoms with Gasteiger partial charge in [0.05, 0.1) is 20.9 Å². The molecule has 18 heavy (non-hydrogen) atoms. The Balaban J connectivity index is 2.37. The molecule has 0 bridgehead atoms. The molecule has 0 aliphatic rings. The molecule has 1 heterocycles. The van der Waals surface area contributed by atoms with Gasteiger partial charge < -0.3 is 9.88 Å². The average molecular weight is 329 g/mol. The molecule has 0 aliphatic heterocycles. The molecule has 0 atom stereocenters. The fourth-order valence-corrected chi connectivity index (χ4v) is 2.26. The number of anilines is 2. The van der Waals surface area contributed by atoms with Crippen molar-refractivity contribution in [1.82, 2.24) is 9.55 Å². The molecule has 0 unspecified atom stereocenters. The van der Waals surface area contributed by atoms with E-state index in [4.69, 9.17) is 11.6 Å². The number of hydrogen-bond acceptors (Lipinski definition) is 2. The molecule has 0 saturated carbocycles. The Morgan fingerprint density at radius 3 is 2.78 bits per heavy atom. The van der Waals surface area contributed by atoms with E-state index in [0.717, 1.165) is 21.8 Å². The zero-order valence-electron chi connectivity index (χ0n) is 10.5. The Morgan fingerprint density at radius 1 is 1.39 bits per heavy atom. The minimum Gasteiger partial charge on any atom is -0.325 e. The number of rotatable bonds is 3. The summed E-state index contributed by atoms with van der Waals surface area (Å²) >= 11 is 9.55. The molecule has 96 valence electrons. The Labute approximate surface area is 120 Å². The van der Waals surface area contributed by atoms with Crippen molar-refractivity contribution in [2.24, 2.45) is 0 Å². The summed E-state index contributed by atoms with van der Waals surface area (Å²) in [5, 5.41) is 3.98. The largest absolute Gasteiger partial charge is 0.325 e. The molecule has 2 rings (SSSR count). The van der Waals surface area contributed by atoms with E-state index in [1.165, 1.54) is 0 Å². The molecule has 3 nitrogen and oxygen atoms in total. The Bertz CT molecular complexity index is 563.